The molecule has 0 bridgehead atoms. The minimum Gasteiger partial charge on any atom is -0.452 e. The molecule has 1 aliphatic rings. The molecule has 7 heteroatoms. The third-order valence-corrected chi connectivity index (χ3v) is 5.58. The quantitative estimate of drug-likeness (QED) is 0.428. The zero-order chi connectivity index (χ0) is 23.2. The highest BCUT2D eigenvalue weighted by Crippen LogP contribution is 2.18. The molecule has 0 radical (unpaired) electrons. The number of amides is 1. The van der Waals surface area contributed by atoms with Crippen molar-refractivity contribution < 1.29 is 23.5 Å². The number of esters is 1. The van der Waals surface area contributed by atoms with Crippen LogP contribution in [-0.4, -0.2) is 55.3 Å². The van der Waals surface area contributed by atoms with Crippen LogP contribution in [0.1, 0.15) is 26.3 Å². The molecular formula is C26H23FN2O4. The Balaban J connectivity index is 1.34. The Morgan fingerprint density at radius 2 is 1.36 bits per heavy atom. The molecule has 0 aliphatic carbocycles. The van der Waals surface area contributed by atoms with Crippen molar-refractivity contribution in [1.29, 1.82) is 0 Å². The number of hydrogen-bond donors (Lipinski definition) is 0. The van der Waals surface area contributed by atoms with Gasteiger partial charge in [-0.05, 0) is 30.3 Å². The molecule has 0 unspecified atom stereocenters. The number of ether oxygens (including phenoxy) is 1. The maximum Gasteiger partial charge on any atom is 0.339 e. The molecule has 1 saturated heterocycles. The third kappa shape index (κ3) is 5.26. The molecule has 0 N–H and O–H groups in total. The molecule has 168 valence electrons. The molecule has 3 aromatic carbocycles. The van der Waals surface area contributed by atoms with Crippen LogP contribution < -0.4 is 4.90 Å². The average Bonchev–Trinajstić information content (AvgIpc) is 2.87. The lowest BCUT2D eigenvalue weighted by Crippen LogP contribution is -2.49. The van der Waals surface area contributed by atoms with E-state index in [1.165, 1.54) is 18.2 Å². The Bertz CT molecular complexity index is 1140. The van der Waals surface area contributed by atoms with E-state index < -0.39 is 12.6 Å². The van der Waals surface area contributed by atoms with Crippen LogP contribution in [0, 0.1) is 5.82 Å². The van der Waals surface area contributed by atoms with Gasteiger partial charge in [-0.3, -0.25) is 9.59 Å². The lowest BCUT2D eigenvalue weighted by Gasteiger charge is -2.36. The number of rotatable bonds is 6. The summed E-state index contributed by atoms with van der Waals surface area (Å²) >= 11 is 0. The van der Waals surface area contributed by atoms with Gasteiger partial charge in [-0.15, -0.1) is 0 Å². The summed E-state index contributed by atoms with van der Waals surface area (Å²) in [5.41, 5.74) is 1.72. The molecule has 33 heavy (non-hydrogen) atoms. The summed E-state index contributed by atoms with van der Waals surface area (Å²) < 4.78 is 18.4. The van der Waals surface area contributed by atoms with Crippen molar-refractivity contribution in [2.45, 2.75) is 0 Å². The first-order chi connectivity index (χ1) is 16.0. The van der Waals surface area contributed by atoms with Crippen LogP contribution >= 0.6 is 0 Å². The fourth-order valence-electron chi connectivity index (χ4n) is 3.77. The van der Waals surface area contributed by atoms with Crippen molar-refractivity contribution >= 4 is 23.3 Å². The number of anilines is 1. The van der Waals surface area contributed by atoms with Crippen molar-refractivity contribution in [2.24, 2.45) is 0 Å². The zero-order valence-electron chi connectivity index (χ0n) is 17.9. The average molecular weight is 446 g/mol. The van der Waals surface area contributed by atoms with E-state index in [2.05, 4.69) is 4.90 Å². The van der Waals surface area contributed by atoms with Crippen LogP contribution in [0.3, 0.4) is 0 Å². The summed E-state index contributed by atoms with van der Waals surface area (Å²) in [6.07, 6.45) is 0. The molecule has 0 aromatic heterocycles. The van der Waals surface area contributed by atoms with Crippen molar-refractivity contribution in [2.75, 3.05) is 37.7 Å². The SMILES string of the molecule is O=C(OCC(=O)N1CCN(c2ccc(F)cc2)CC1)c1ccccc1C(=O)c1ccccc1. The highest BCUT2D eigenvalue weighted by Gasteiger charge is 2.24. The summed E-state index contributed by atoms with van der Waals surface area (Å²) in [6.45, 7) is 1.73. The zero-order valence-corrected chi connectivity index (χ0v) is 17.9. The first-order valence-electron chi connectivity index (χ1n) is 10.7. The standard InChI is InChI=1S/C26H23FN2O4/c27-20-10-12-21(13-11-20)28-14-16-29(17-15-28)24(30)18-33-26(32)23-9-5-4-8-22(23)25(31)19-6-2-1-3-7-19/h1-13H,14-18H2. The molecule has 0 saturated carbocycles. The van der Waals surface area contributed by atoms with Gasteiger partial charge in [-0.25, -0.2) is 9.18 Å². The van der Waals surface area contributed by atoms with Crippen LogP contribution in [-0.2, 0) is 9.53 Å². The van der Waals surface area contributed by atoms with E-state index in [9.17, 15) is 18.8 Å². The van der Waals surface area contributed by atoms with Gasteiger partial charge in [-0.2, -0.15) is 0 Å². The lowest BCUT2D eigenvalue weighted by molar-refractivity contribution is -0.134. The van der Waals surface area contributed by atoms with E-state index in [1.807, 2.05) is 6.07 Å². The van der Waals surface area contributed by atoms with Gasteiger partial charge in [0.05, 0.1) is 5.56 Å². The number of ketones is 1. The van der Waals surface area contributed by atoms with Gasteiger partial charge in [0.15, 0.2) is 12.4 Å². The predicted molar refractivity (Wildman–Crippen MR) is 122 cm³/mol. The number of hydrogen-bond acceptors (Lipinski definition) is 5. The highest BCUT2D eigenvalue weighted by molar-refractivity contribution is 6.14. The van der Waals surface area contributed by atoms with E-state index in [-0.39, 0.29) is 28.6 Å². The summed E-state index contributed by atoms with van der Waals surface area (Å²) in [7, 11) is 0. The van der Waals surface area contributed by atoms with Gasteiger partial charge in [0, 0.05) is 43.0 Å². The minimum atomic E-state index is -0.715. The maximum atomic E-state index is 13.1. The fourth-order valence-corrected chi connectivity index (χ4v) is 3.77. The Morgan fingerprint density at radius 1 is 0.758 bits per heavy atom. The Morgan fingerprint density at radius 3 is 2.03 bits per heavy atom. The first-order valence-corrected chi connectivity index (χ1v) is 10.7. The lowest BCUT2D eigenvalue weighted by atomic mass is 9.98. The van der Waals surface area contributed by atoms with Crippen molar-refractivity contribution in [3.05, 3.63) is 101 Å². The van der Waals surface area contributed by atoms with Gasteiger partial charge in [0.2, 0.25) is 0 Å². The molecule has 1 amide bonds. The van der Waals surface area contributed by atoms with Crippen LogP contribution in [0.15, 0.2) is 78.9 Å². The van der Waals surface area contributed by atoms with Crippen LogP contribution in [0.4, 0.5) is 10.1 Å². The second-order valence-corrected chi connectivity index (χ2v) is 7.66. The monoisotopic (exact) mass is 446 g/mol. The van der Waals surface area contributed by atoms with Gasteiger partial charge >= 0.3 is 5.97 Å². The maximum absolute atomic E-state index is 13.1. The van der Waals surface area contributed by atoms with Gasteiger partial charge in [0.1, 0.15) is 5.82 Å². The Labute approximate surface area is 191 Å². The molecule has 4 rings (SSSR count). The molecule has 1 heterocycles. The van der Waals surface area contributed by atoms with E-state index in [0.717, 1.165) is 5.69 Å². The summed E-state index contributed by atoms with van der Waals surface area (Å²) in [4.78, 5) is 41.8. The van der Waals surface area contributed by atoms with Crippen LogP contribution in [0.2, 0.25) is 0 Å². The van der Waals surface area contributed by atoms with E-state index in [4.69, 9.17) is 4.74 Å². The number of benzene rings is 3. The van der Waals surface area contributed by atoms with Gasteiger partial charge in [0.25, 0.3) is 5.91 Å². The second-order valence-electron chi connectivity index (χ2n) is 7.66. The number of halogens is 1. The molecule has 0 atom stereocenters. The molecule has 0 spiro atoms. The Hall–Kier alpha value is -4.00. The minimum absolute atomic E-state index is 0.125. The summed E-state index contributed by atoms with van der Waals surface area (Å²) in [5.74, 6) is -1.59. The van der Waals surface area contributed by atoms with E-state index in [0.29, 0.717) is 31.7 Å². The van der Waals surface area contributed by atoms with E-state index >= 15 is 0 Å². The summed E-state index contributed by atoms with van der Waals surface area (Å²) in [6, 6.07) is 21.3. The normalized spacial score (nSPS) is 13.5. The van der Waals surface area contributed by atoms with Crippen LogP contribution in [0.25, 0.3) is 0 Å². The molecule has 3 aromatic rings. The second kappa shape index (κ2) is 10.1. The smallest absolute Gasteiger partial charge is 0.339 e. The van der Waals surface area contributed by atoms with Crippen molar-refractivity contribution in [3.63, 3.8) is 0 Å². The number of piperazine rings is 1. The van der Waals surface area contributed by atoms with E-state index in [1.54, 1.807) is 59.5 Å². The third-order valence-electron chi connectivity index (χ3n) is 5.58. The number of carbonyl (C=O) groups is 3. The van der Waals surface area contributed by atoms with Crippen molar-refractivity contribution in [1.82, 2.24) is 4.90 Å². The number of carbonyl (C=O) groups excluding carboxylic acids is 3. The first kappa shape index (κ1) is 22.2. The van der Waals surface area contributed by atoms with Crippen molar-refractivity contribution in [3.8, 4) is 0 Å². The Kier molecular flexibility index (Phi) is 6.78. The van der Waals surface area contributed by atoms with Gasteiger partial charge in [-0.1, -0.05) is 48.5 Å². The summed E-state index contributed by atoms with van der Waals surface area (Å²) in [5, 5.41) is 0. The topological polar surface area (TPSA) is 66.9 Å². The molecule has 1 fully saturated rings. The molecule has 6 nitrogen and oxygen atoms in total. The molecule has 1 aliphatic heterocycles. The fraction of sp³-hybridized carbons (Fsp3) is 0.192. The highest BCUT2D eigenvalue weighted by atomic mass is 19.1. The predicted octanol–water partition coefficient (Wildman–Crippen LogP) is 3.56. The van der Waals surface area contributed by atoms with Crippen LogP contribution in [0.5, 0.6) is 0 Å². The molecular weight excluding hydrogens is 423 g/mol. The largest absolute Gasteiger partial charge is 0.452 e. The number of nitrogens with zero attached hydrogens (tertiary/aromatic N) is 2. The van der Waals surface area contributed by atoms with Gasteiger partial charge < -0.3 is 14.5 Å².